The van der Waals surface area contributed by atoms with Gasteiger partial charge in [-0.2, -0.15) is 5.10 Å². The monoisotopic (exact) mass is 274 g/mol. The molecule has 0 spiro atoms. The van der Waals surface area contributed by atoms with Crippen molar-refractivity contribution < 1.29 is 4.74 Å². The van der Waals surface area contributed by atoms with Gasteiger partial charge in [-0.15, -0.1) is 11.3 Å². The van der Waals surface area contributed by atoms with Crippen molar-refractivity contribution in [1.82, 2.24) is 14.8 Å². The minimum Gasteiger partial charge on any atom is -0.383 e. The fourth-order valence-electron chi connectivity index (χ4n) is 2.04. The molecular formula is C13H14N4OS. The smallest absolute Gasteiger partial charge is 0.132 e. The summed E-state index contributed by atoms with van der Waals surface area (Å²) in [6.45, 7) is 0.427. The normalized spacial score (nSPS) is 11.3. The van der Waals surface area contributed by atoms with Crippen molar-refractivity contribution in [3.63, 3.8) is 0 Å². The van der Waals surface area contributed by atoms with Gasteiger partial charge in [0.15, 0.2) is 0 Å². The topological polar surface area (TPSA) is 66.0 Å². The van der Waals surface area contributed by atoms with Gasteiger partial charge in [-0.1, -0.05) is 12.1 Å². The summed E-state index contributed by atoms with van der Waals surface area (Å²) in [5.74, 6) is 0.617. The van der Waals surface area contributed by atoms with Gasteiger partial charge < -0.3 is 10.5 Å². The molecule has 98 valence electrons. The number of aromatic nitrogens is 3. The lowest BCUT2D eigenvalue weighted by molar-refractivity contribution is 0.181. The van der Waals surface area contributed by atoms with Gasteiger partial charge in [0, 0.05) is 14.2 Å². The average molecular weight is 274 g/mol. The number of anilines is 1. The molecule has 0 fully saturated rings. The van der Waals surface area contributed by atoms with Crippen LogP contribution in [-0.2, 0) is 18.4 Å². The van der Waals surface area contributed by atoms with Crippen LogP contribution in [0.4, 0.5) is 5.82 Å². The zero-order valence-electron chi connectivity index (χ0n) is 10.8. The van der Waals surface area contributed by atoms with Crippen LogP contribution in [0, 0.1) is 0 Å². The Morgan fingerprint density at radius 3 is 2.89 bits per heavy atom. The van der Waals surface area contributed by atoms with Crippen LogP contribution in [0.3, 0.4) is 0 Å². The highest BCUT2D eigenvalue weighted by Crippen LogP contribution is 2.35. The van der Waals surface area contributed by atoms with Crippen LogP contribution < -0.4 is 5.73 Å². The maximum absolute atomic E-state index is 6.10. The Balaban J connectivity index is 2.19. The highest BCUT2D eigenvalue weighted by atomic mass is 32.1. The molecule has 0 unspecified atom stereocenters. The second-order valence-corrected chi connectivity index (χ2v) is 5.28. The number of hydrogen-bond donors (Lipinski definition) is 1. The summed E-state index contributed by atoms with van der Waals surface area (Å²) >= 11 is 1.62. The Morgan fingerprint density at radius 2 is 2.16 bits per heavy atom. The number of hydrogen-bond acceptors (Lipinski definition) is 5. The average Bonchev–Trinajstić information content (AvgIpc) is 2.92. The lowest BCUT2D eigenvalue weighted by atomic mass is 10.2. The van der Waals surface area contributed by atoms with Gasteiger partial charge in [0.25, 0.3) is 0 Å². The van der Waals surface area contributed by atoms with E-state index in [0.717, 1.165) is 26.5 Å². The molecule has 0 aliphatic carbocycles. The molecule has 2 heterocycles. The molecule has 6 heteroatoms. The lowest BCUT2D eigenvalue weighted by Gasteiger charge is -1.98. The molecule has 19 heavy (non-hydrogen) atoms. The Labute approximate surface area is 114 Å². The number of nitrogens with two attached hydrogens (primary N) is 1. The number of nitrogens with zero attached hydrogens (tertiary/aromatic N) is 3. The fourth-order valence-corrected chi connectivity index (χ4v) is 3.09. The third-order valence-corrected chi connectivity index (χ3v) is 4.01. The van der Waals surface area contributed by atoms with Crippen LogP contribution in [0.1, 0.15) is 5.69 Å². The quantitative estimate of drug-likeness (QED) is 0.796. The fraction of sp³-hybridized carbons (Fsp3) is 0.231. The summed E-state index contributed by atoms with van der Waals surface area (Å²) in [7, 11) is 3.47. The number of para-hydroxylation sites is 1. The number of nitrogen functional groups attached to an aromatic ring is 1. The summed E-state index contributed by atoms with van der Waals surface area (Å²) in [6, 6.07) is 8.04. The van der Waals surface area contributed by atoms with Gasteiger partial charge in [0.2, 0.25) is 0 Å². The molecule has 2 N–H and O–H groups in total. The van der Waals surface area contributed by atoms with E-state index in [4.69, 9.17) is 10.5 Å². The molecular weight excluding hydrogens is 260 g/mol. The van der Waals surface area contributed by atoms with Crippen LogP contribution in [0.25, 0.3) is 20.8 Å². The van der Waals surface area contributed by atoms with Gasteiger partial charge in [-0.25, -0.2) is 4.98 Å². The van der Waals surface area contributed by atoms with Crippen molar-refractivity contribution in [3.05, 3.63) is 30.0 Å². The predicted octanol–water partition coefficient (Wildman–Crippen LogP) is 2.43. The largest absolute Gasteiger partial charge is 0.383 e. The lowest BCUT2D eigenvalue weighted by Crippen LogP contribution is -1.97. The van der Waals surface area contributed by atoms with E-state index in [1.54, 1.807) is 23.1 Å². The molecule has 0 bridgehead atoms. The maximum atomic E-state index is 6.10. The van der Waals surface area contributed by atoms with Gasteiger partial charge in [-0.3, -0.25) is 4.68 Å². The van der Waals surface area contributed by atoms with E-state index in [1.807, 2.05) is 25.2 Å². The zero-order chi connectivity index (χ0) is 13.4. The number of thiazole rings is 1. The Morgan fingerprint density at radius 1 is 1.37 bits per heavy atom. The van der Waals surface area contributed by atoms with Crippen LogP contribution in [0.5, 0.6) is 0 Å². The first-order valence-electron chi connectivity index (χ1n) is 5.87. The van der Waals surface area contributed by atoms with Gasteiger partial charge >= 0.3 is 0 Å². The minimum absolute atomic E-state index is 0.427. The molecule has 1 aromatic carbocycles. The van der Waals surface area contributed by atoms with Crippen LogP contribution in [0.2, 0.25) is 0 Å². The van der Waals surface area contributed by atoms with Crippen molar-refractivity contribution in [3.8, 4) is 10.6 Å². The van der Waals surface area contributed by atoms with Gasteiger partial charge in [0.05, 0.1) is 22.4 Å². The summed E-state index contributed by atoms with van der Waals surface area (Å²) in [5.41, 5.74) is 8.78. The van der Waals surface area contributed by atoms with Crippen LogP contribution in [0.15, 0.2) is 24.3 Å². The van der Waals surface area contributed by atoms with E-state index in [-0.39, 0.29) is 0 Å². The van der Waals surface area contributed by atoms with Gasteiger partial charge in [0.1, 0.15) is 16.5 Å². The number of benzene rings is 1. The molecule has 2 aromatic heterocycles. The molecule has 5 nitrogen and oxygen atoms in total. The molecule has 0 amide bonds. The number of rotatable bonds is 3. The SMILES string of the molecule is COCc1nn(C)c(N)c1-c1nc2ccccc2s1. The highest BCUT2D eigenvalue weighted by Gasteiger charge is 2.19. The second-order valence-electron chi connectivity index (χ2n) is 4.25. The summed E-state index contributed by atoms with van der Waals surface area (Å²) in [5, 5.41) is 5.27. The van der Waals surface area contributed by atoms with Gasteiger partial charge in [-0.05, 0) is 12.1 Å². The zero-order valence-corrected chi connectivity index (χ0v) is 11.6. The summed E-state index contributed by atoms with van der Waals surface area (Å²) < 4.78 is 7.98. The molecule has 3 rings (SSSR count). The van der Waals surface area contributed by atoms with Crippen molar-refractivity contribution in [2.45, 2.75) is 6.61 Å². The Kier molecular flexibility index (Phi) is 2.96. The van der Waals surface area contributed by atoms with Crippen LogP contribution >= 0.6 is 11.3 Å². The highest BCUT2D eigenvalue weighted by molar-refractivity contribution is 7.21. The predicted molar refractivity (Wildman–Crippen MR) is 76.9 cm³/mol. The Hall–Kier alpha value is -1.92. The first-order valence-corrected chi connectivity index (χ1v) is 6.68. The first kappa shape index (κ1) is 12.1. The maximum Gasteiger partial charge on any atom is 0.132 e. The second kappa shape index (κ2) is 4.64. The van der Waals surface area contributed by atoms with E-state index < -0.39 is 0 Å². The number of methoxy groups -OCH3 is 1. The van der Waals surface area contributed by atoms with Crippen molar-refractivity contribution in [2.24, 2.45) is 7.05 Å². The molecule has 0 aliphatic rings. The molecule has 0 aliphatic heterocycles. The minimum atomic E-state index is 0.427. The number of ether oxygens (including phenoxy) is 1. The third-order valence-electron chi connectivity index (χ3n) is 2.95. The Bertz CT molecular complexity index is 698. The van der Waals surface area contributed by atoms with E-state index in [2.05, 4.69) is 16.1 Å². The van der Waals surface area contributed by atoms with Crippen molar-refractivity contribution >= 4 is 27.4 Å². The molecule has 0 saturated heterocycles. The number of aryl methyl sites for hydroxylation is 1. The molecule has 0 saturated carbocycles. The van der Waals surface area contributed by atoms with E-state index in [9.17, 15) is 0 Å². The molecule has 3 aromatic rings. The molecule has 0 atom stereocenters. The van der Waals surface area contributed by atoms with E-state index >= 15 is 0 Å². The van der Waals surface area contributed by atoms with E-state index in [1.165, 1.54) is 0 Å². The van der Waals surface area contributed by atoms with Crippen molar-refractivity contribution in [1.29, 1.82) is 0 Å². The van der Waals surface area contributed by atoms with Crippen LogP contribution in [-0.4, -0.2) is 21.9 Å². The summed E-state index contributed by atoms with van der Waals surface area (Å²) in [6.07, 6.45) is 0. The molecule has 0 radical (unpaired) electrons. The number of fused-ring (bicyclic) bond motifs is 1. The standard InChI is InChI=1S/C13H14N4OS/c1-17-12(14)11(9(16-17)7-18-2)13-15-8-5-3-4-6-10(8)19-13/h3-6H,7,14H2,1-2H3. The van der Waals surface area contributed by atoms with E-state index in [0.29, 0.717) is 12.4 Å². The summed E-state index contributed by atoms with van der Waals surface area (Å²) in [4.78, 5) is 4.63. The van der Waals surface area contributed by atoms with Crippen molar-refractivity contribution in [2.75, 3.05) is 12.8 Å². The first-order chi connectivity index (χ1) is 9.20. The third kappa shape index (κ3) is 1.98.